The Morgan fingerprint density at radius 3 is 2.21 bits per heavy atom. The van der Waals surface area contributed by atoms with Crippen LogP contribution < -0.4 is 10.6 Å². The number of benzene rings is 2. The lowest BCUT2D eigenvalue weighted by Crippen LogP contribution is -2.39. The fourth-order valence-electron chi connectivity index (χ4n) is 2.33. The summed E-state index contributed by atoms with van der Waals surface area (Å²) in [6.45, 7) is 0.168. The van der Waals surface area contributed by atoms with Gasteiger partial charge in [0.05, 0.1) is 11.3 Å². The van der Waals surface area contributed by atoms with Gasteiger partial charge < -0.3 is 10.6 Å². The first-order valence-electron chi connectivity index (χ1n) is 8.21. The van der Waals surface area contributed by atoms with Gasteiger partial charge in [-0.15, -0.1) is 24.0 Å². The SMILES string of the molecule is CN=C(NCCS(=O)(=O)c1ccccc1F)NCc1ccc(C(F)(F)F)cc1.I. The van der Waals surface area contributed by atoms with E-state index < -0.39 is 27.4 Å². The molecule has 11 heteroatoms. The van der Waals surface area contributed by atoms with Gasteiger partial charge in [-0.25, -0.2) is 12.8 Å². The maximum atomic E-state index is 13.6. The van der Waals surface area contributed by atoms with Gasteiger partial charge in [-0.3, -0.25) is 4.99 Å². The zero-order valence-corrected chi connectivity index (χ0v) is 18.5. The first-order valence-corrected chi connectivity index (χ1v) is 9.86. The number of guanidine groups is 1. The molecule has 0 aliphatic rings. The first-order chi connectivity index (χ1) is 13.1. The zero-order valence-electron chi connectivity index (χ0n) is 15.3. The molecule has 0 aliphatic carbocycles. The van der Waals surface area contributed by atoms with Crippen molar-refractivity contribution in [2.45, 2.75) is 17.6 Å². The van der Waals surface area contributed by atoms with Crippen LogP contribution in [0.2, 0.25) is 0 Å². The summed E-state index contributed by atoms with van der Waals surface area (Å²) in [5, 5.41) is 5.65. The predicted molar refractivity (Wildman–Crippen MR) is 114 cm³/mol. The van der Waals surface area contributed by atoms with Crippen LogP contribution in [0.1, 0.15) is 11.1 Å². The van der Waals surface area contributed by atoms with E-state index in [0.29, 0.717) is 5.56 Å². The van der Waals surface area contributed by atoms with Crippen molar-refractivity contribution in [3.8, 4) is 0 Å². The molecule has 0 aromatic heterocycles. The van der Waals surface area contributed by atoms with Gasteiger partial charge in [0, 0.05) is 20.1 Å². The Labute approximate surface area is 183 Å². The van der Waals surface area contributed by atoms with E-state index in [1.165, 1.54) is 37.4 Å². The molecule has 2 aromatic carbocycles. The van der Waals surface area contributed by atoms with Gasteiger partial charge in [0.15, 0.2) is 15.8 Å². The minimum absolute atomic E-state index is 0. The Morgan fingerprint density at radius 1 is 1.03 bits per heavy atom. The molecule has 0 heterocycles. The van der Waals surface area contributed by atoms with Crippen molar-refractivity contribution in [3.05, 3.63) is 65.5 Å². The fourth-order valence-corrected chi connectivity index (χ4v) is 3.57. The van der Waals surface area contributed by atoms with Gasteiger partial charge in [0.2, 0.25) is 0 Å². The third kappa shape index (κ3) is 7.46. The van der Waals surface area contributed by atoms with Crippen LogP contribution in [0, 0.1) is 5.82 Å². The lowest BCUT2D eigenvalue weighted by Gasteiger charge is -2.13. The van der Waals surface area contributed by atoms with E-state index in [4.69, 9.17) is 0 Å². The topological polar surface area (TPSA) is 70.6 Å². The number of sulfone groups is 1. The largest absolute Gasteiger partial charge is 0.416 e. The summed E-state index contributed by atoms with van der Waals surface area (Å²) < 4.78 is 75.7. The maximum absolute atomic E-state index is 13.6. The summed E-state index contributed by atoms with van der Waals surface area (Å²) in [7, 11) is -2.34. The van der Waals surface area contributed by atoms with Crippen LogP contribution in [0.15, 0.2) is 58.4 Å². The molecule has 0 saturated carbocycles. The monoisotopic (exact) mass is 545 g/mol. The summed E-state index contributed by atoms with van der Waals surface area (Å²) in [6, 6.07) is 9.75. The molecule has 5 nitrogen and oxygen atoms in total. The number of alkyl halides is 3. The smallest absolute Gasteiger partial charge is 0.355 e. The fraction of sp³-hybridized carbons (Fsp3) is 0.278. The van der Waals surface area contributed by atoms with Crippen LogP contribution in [0.4, 0.5) is 17.6 Å². The molecule has 0 radical (unpaired) electrons. The van der Waals surface area contributed by atoms with E-state index >= 15 is 0 Å². The highest BCUT2D eigenvalue weighted by molar-refractivity contribution is 14.0. The minimum atomic E-state index is -4.40. The normalized spacial score (nSPS) is 12.2. The van der Waals surface area contributed by atoms with Crippen molar-refractivity contribution in [2.75, 3.05) is 19.3 Å². The molecule has 2 rings (SSSR count). The van der Waals surface area contributed by atoms with Crippen LogP contribution in [0.5, 0.6) is 0 Å². The van der Waals surface area contributed by atoms with E-state index in [9.17, 15) is 26.0 Å². The molecule has 0 spiro atoms. The molecule has 160 valence electrons. The first kappa shape index (κ1) is 25.1. The van der Waals surface area contributed by atoms with E-state index in [2.05, 4.69) is 15.6 Å². The Balaban J connectivity index is 0.00000420. The molecule has 29 heavy (non-hydrogen) atoms. The summed E-state index contributed by atoms with van der Waals surface area (Å²) in [5.41, 5.74) is -0.146. The highest BCUT2D eigenvalue weighted by atomic mass is 127. The van der Waals surface area contributed by atoms with Gasteiger partial charge in [0.25, 0.3) is 0 Å². The van der Waals surface area contributed by atoms with E-state index in [-0.39, 0.29) is 53.7 Å². The number of hydrogen-bond donors (Lipinski definition) is 2. The van der Waals surface area contributed by atoms with Crippen molar-refractivity contribution >= 4 is 39.8 Å². The molecule has 2 N–H and O–H groups in total. The van der Waals surface area contributed by atoms with Gasteiger partial charge in [-0.1, -0.05) is 24.3 Å². The number of nitrogens with one attached hydrogen (secondary N) is 2. The molecule has 0 fully saturated rings. The molecule has 0 atom stereocenters. The van der Waals surface area contributed by atoms with Gasteiger partial charge in [-0.2, -0.15) is 13.2 Å². The Kier molecular flexibility index (Phi) is 9.33. The summed E-state index contributed by atoms with van der Waals surface area (Å²) >= 11 is 0. The predicted octanol–water partition coefficient (Wildman–Crippen LogP) is 3.60. The summed E-state index contributed by atoms with van der Waals surface area (Å²) in [6.07, 6.45) is -4.40. The quantitative estimate of drug-likeness (QED) is 0.252. The van der Waals surface area contributed by atoms with Gasteiger partial charge in [0.1, 0.15) is 10.7 Å². The molecule has 0 unspecified atom stereocenters. The van der Waals surface area contributed by atoms with Crippen molar-refractivity contribution in [1.82, 2.24) is 10.6 Å². The number of nitrogens with zero attached hydrogens (tertiary/aromatic N) is 1. The van der Waals surface area contributed by atoms with E-state index in [1.54, 1.807) is 0 Å². The van der Waals surface area contributed by atoms with E-state index in [1.807, 2.05) is 0 Å². The number of aliphatic imine (C=N–C) groups is 1. The Morgan fingerprint density at radius 2 is 1.66 bits per heavy atom. The van der Waals surface area contributed by atoms with Gasteiger partial charge in [-0.05, 0) is 29.8 Å². The maximum Gasteiger partial charge on any atom is 0.416 e. The molecule has 0 amide bonds. The third-order valence-corrected chi connectivity index (χ3v) is 5.54. The van der Waals surface area contributed by atoms with Crippen LogP contribution >= 0.6 is 24.0 Å². The third-order valence-electron chi connectivity index (χ3n) is 3.80. The summed E-state index contributed by atoms with van der Waals surface area (Å²) in [5.74, 6) is -0.898. The van der Waals surface area contributed by atoms with Crippen molar-refractivity contribution in [3.63, 3.8) is 0 Å². The molecule has 0 bridgehead atoms. The average Bonchev–Trinajstić information content (AvgIpc) is 2.64. The lowest BCUT2D eigenvalue weighted by molar-refractivity contribution is -0.137. The zero-order chi connectivity index (χ0) is 20.8. The molecule has 0 saturated heterocycles. The second-order valence-corrected chi connectivity index (χ2v) is 7.87. The average molecular weight is 545 g/mol. The highest BCUT2D eigenvalue weighted by Gasteiger charge is 2.29. The Hall–Kier alpha value is -1.89. The summed E-state index contributed by atoms with van der Waals surface area (Å²) in [4.78, 5) is 3.54. The Bertz CT molecular complexity index is 933. The van der Waals surface area contributed by atoms with Crippen molar-refractivity contribution in [1.29, 1.82) is 0 Å². The van der Waals surface area contributed by atoms with Crippen LogP contribution in [0.25, 0.3) is 0 Å². The second kappa shape index (κ2) is 10.8. The molecule has 0 aliphatic heterocycles. The van der Waals surface area contributed by atoms with Crippen molar-refractivity contribution in [2.24, 2.45) is 4.99 Å². The number of rotatable bonds is 6. The lowest BCUT2D eigenvalue weighted by atomic mass is 10.1. The van der Waals surface area contributed by atoms with Gasteiger partial charge >= 0.3 is 6.18 Å². The number of hydrogen-bond acceptors (Lipinski definition) is 3. The van der Waals surface area contributed by atoms with Crippen molar-refractivity contribution < 1.29 is 26.0 Å². The molecular formula is C18H20F4IN3O2S. The second-order valence-electron chi connectivity index (χ2n) is 5.80. The standard InChI is InChI=1S/C18H19F4N3O2S.HI/c1-23-17(25-12-13-6-8-14(9-7-13)18(20,21)22)24-10-11-28(26,27)16-5-3-2-4-15(16)19;/h2-9H,10-12H2,1H3,(H2,23,24,25);1H. The van der Waals surface area contributed by atoms with E-state index in [0.717, 1.165) is 18.2 Å². The van der Waals surface area contributed by atoms with Crippen LogP contribution in [0.3, 0.4) is 0 Å². The highest BCUT2D eigenvalue weighted by Crippen LogP contribution is 2.29. The minimum Gasteiger partial charge on any atom is -0.355 e. The molecule has 2 aromatic rings. The van der Waals surface area contributed by atoms with Crippen LogP contribution in [-0.2, 0) is 22.6 Å². The van der Waals surface area contributed by atoms with Crippen LogP contribution in [-0.4, -0.2) is 33.7 Å². The molecular weight excluding hydrogens is 525 g/mol. The number of halogens is 5.